The largest absolute Gasteiger partial charge is 0.756 e. The van der Waals surface area contributed by atoms with Crippen molar-refractivity contribution in [2.45, 2.75) is 328 Å². The zero-order valence-electron chi connectivity index (χ0n) is 54.0. The summed E-state index contributed by atoms with van der Waals surface area (Å²) in [5.74, 6) is -0.548. The Morgan fingerprint density at radius 2 is 0.753 bits per heavy atom. The molecular weight excluding hydrogens is 1020 g/mol. The number of hydrogen-bond acceptors (Lipinski definition) is 7. The molecule has 1 amide bonds. The second-order valence-electron chi connectivity index (χ2n) is 24.3. The van der Waals surface area contributed by atoms with Gasteiger partial charge in [0.25, 0.3) is 7.82 Å². The first kappa shape index (κ1) is 78.5. The van der Waals surface area contributed by atoms with Crippen molar-refractivity contribution in [1.82, 2.24) is 5.32 Å². The van der Waals surface area contributed by atoms with Crippen LogP contribution in [0.15, 0.2) is 72.9 Å². The van der Waals surface area contributed by atoms with E-state index in [1.807, 2.05) is 33.3 Å². The van der Waals surface area contributed by atoms with Crippen LogP contribution in [0.1, 0.15) is 316 Å². The molecule has 0 aromatic heterocycles. The lowest BCUT2D eigenvalue weighted by molar-refractivity contribution is -0.870. The third-order valence-electron chi connectivity index (χ3n) is 15.1. The first-order valence-corrected chi connectivity index (χ1v) is 35.7. The second-order valence-corrected chi connectivity index (χ2v) is 25.7. The van der Waals surface area contributed by atoms with E-state index in [2.05, 4.69) is 86.8 Å². The number of rotatable bonds is 62. The van der Waals surface area contributed by atoms with Crippen molar-refractivity contribution in [3.63, 3.8) is 0 Å². The van der Waals surface area contributed by atoms with Crippen LogP contribution in [0.25, 0.3) is 0 Å². The lowest BCUT2D eigenvalue weighted by Crippen LogP contribution is -2.47. The summed E-state index contributed by atoms with van der Waals surface area (Å²) in [5, 5.41) is 3.04. The highest BCUT2D eigenvalue weighted by molar-refractivity contribution is 7.45. The van der Waals surface area contributed by atoms with Crippen molar-refractivity contribution < 1.29 is 37.3 Å². The third kappa shape index (κ3) is 61.8. The minimum absolute atomic E-state index is 0.0266. The van der Waals surface area contributed by atoms with Crippen LogP contribution in [0.2, 0.25) is 0 Å². The Balaban J connectivity index is 5.20. The van der Waals surface area contributed by atoms with Gasteiger partial charge in [-0.2, -0.15) is 0 Å². The maximum absolute atomic E-state index is 13.6. The van der Waals surface area contributed by atoms with Gasteiger partial charge in [-0.05, 0) is 102 Å². The summed E-state index contributed by atoms with van der Waals surface area (Å²) in [7, 11) is 1.18. The Kier molecular flexibility index (Phi) is 58.7. The number of nitrogens with one attached hydrogen (secondary N) is 1. The van der Waals surface area contributed by atoms with E-state index in [9.17, 15) is 19.0 Å². The number of hydrogen-bond donors (Lipinski definition) is 1. The van der Waals surface area contributed by atoms with Crippen molar-refractivity contribution in [1.29, 1.82) is 0 Å². The van der Waals surface area contributed by atoms with Crippen molar-refractivity contribution in [2.24, 2.45) is 0 Å². The summed E-state index contributed by atoms with van der Waals surface area (Å²) in [6, 6.07) is -0.898. The number of quaternary nitrogens is 1. The number of phosphoric acid groups is 1. The number of phosphoric ester groups is 1. The Hall–Kier alpha value is -2.55. The molecule has 0 aromatic carbocycles. The van der Waals surface area contributed by atoms with E-state index in [-0.39, 0.29) is 24.9 Å². The standard InChI is InChI=1S/C71H131N2O7P/c1-7-10-13-16-19-22-25-28-30-32-34-35-36-37-39-40-42-45-48-51-54-57-60-63-70(74)72-68(67-79-81(76,77)78-66-65-73(4,5)6)69(62-59-56-53-50-47-44-27-24-21-18-15-12-9-3)80-71(75)64-61-58-55-52-49-46-43-41-38-33-31-29-26-23-20-17-14-11-8-2/h19,22,28-31,34-35,37,39,59,62,68-69H,7-18,20-21,23-27,32-33,36,38,40-58,60-61,63-67H2,1-6H3,(H-,72,74,76,77)/b22-19-,30-28-,31-29+,35-34-,39-37-,62-59-. The maximum Gasteiger partial charge on any atom is 0.306 e. The van der Waals surface area contributed by atoms with Crippen LogP contribution in [0, 0.1) is 0 Å². The number of carbonyl (C=O) groups is 2. The van der Waals surface area contributed by atoms with Gasteiger partial charge in [0.05, 0.1) is 33.8 Å². The molecule has 81 heavy (non-hydrogen) atoms. The highest BCUT2D eigenvalue weighted by atomic mass is 31.2. The van der Waals surface area contributed by atoms with Gasteiger partial charge in [-0.25, -0.2) is 0 Å². The van der Waals surface area contributed by atoms with E-state index in [1.165, 1.54) is 193 Å². The minimum atomic E-state index is -4.71. The van der Waals surface area contributed by atoms with Gasteiger partial charge in [-0.1, -0.05) is 274 Å². The smallest absolute Gasteiger partial charge is 0.306 e. The molecule has 0 rings (SSSR count). The third-order valence-corrected chi connectivity index (χ3v) is 16.1. The molecule has 0 fully saturated rings. The number of esters is 1. The Morgan fingerprint density at radius 1 is 0.432 bits per heavy atom. The minimum Gasteiger partial charge on any atom is -0.756 e. The lowest BCUT2D eigenvalue weighted by Gasteiger charge is -2.30. The normalized spacial score (nSPS) is 14.0. The van der Waals surface area contributed by atoms with Crippen LogP contribution >= 0.6 is 7.82 Å². The van der Waals surface area contributed by atoms with E-state index >= 15 is 0 Å². The highest BCUT2D eigenvalue weighted by Crippen LogP contribution is 2.38. The molecule has 0 saturated carbocycles. The van der Waals surface area contributed by atoms with Crippen LogP contribution in [0.5, 0.6) is 0 Å². The molecule has 10 heteroatoms. The van der Waals surface area contributed by atoms with Gasteiger partial charge in [0, 0.05) is 12.8 Å². The summed E-state index contributed by atoms with van der Waals surface area (Å²) in [5.41, 5.74) is 0. The monoisotopic (exact) mass is 1150 g/mol. The van der Waals surface area contributed by atoms with E-state index in [0.717, 1.165) is 89.9 Å². The van der Waals surface area contributed by atoms with E-state index in [4.69, 9.17) is 13.8 Å². The molecule has 3 unspecified atom stereocenters. The molecule has 1 N–H and O–H groups in total. The second kappa shape index (κ2) is 60.6. The van der Waals surface area contributed by atoms with E-state index < -0.39 is 26.6 Å². The Morgan fingerprint density at radius 3 is 1.16 bits per heavy atom. The van der Waals surface area contributed by atoms with E-state index in [1.54, 1.807) is 0 Å². The fourth-order valence-electron chi connectivity index (χ4n) is 9.80. The molecule has 0 bridgehead atoms. The van der Waals surface area contributed by atoms with Crippen LogP contribution in [-0.2, 0) is 27.9 Å². The summed E-state index contributed by atoms with van der Waals surface area (Å²) in [4.78, 5) is 40.1. The van der Waals surface area contributed by atoms with Crippen molar-refractivity contribution in [2.75, 3.05) is 40.9 Å². The van der Waals surface area contributed by atoms with Gasteiger partial charge in [-0.15, -0.1) is 0 Å². The van der Waals surface area contributed by atoms with Crippen molar-refractivity contribution in [3.8, 4) is 0 Å². The van der Waals surface area contributed by atoms with Crippen molar-refractivity contribution in [3.05, 3.63) is 72.9 Å². The molecule has 0 radical (unpaired) electrons. The average molecular weight is 1160 g/mol. The summed E-state index contributed by atoms with van der Waals surface area (Å²) >= 11 is 0. The fourth-order valence-corrected chi connectivity index (χ4v) is 10.5. The summed E-state index contributed by atoms with van der Waals surface area (Å²) in [6.07, 6.45) is 78.6. The number of carbonyl (C=O) groups excluding carboxylic acids is 2. The first-order chi connectivity index (χ1) is 39.4. The van der Waals surface area contributed by atoms with Crippen LogP contribution in [0.3, 0.4) is 0 Å². The Bertz CT molecular complexity index is 1620. The number of amides is 1. The quantitative estimate of drug-likeness (QED) is 0.0212. The van der Waals surface area contributed by atoms with Gasteiger partial charge in [0.1, 0.15) is 19.3 Å². The molecule has 0 aromatic rings. The number of nitrogens with zero attached hydrogens (tertiary/aromatic N) is 1. The molecule has 0 saturated heterocycles. The fraction of sp³-hybridized carbons (Fsp3) is 0.803. The molecule has 472 valence electrons. The van der Waals surface area contributed by atoms with Gasteiger partial charge < -0.3 is 28.5 Å². The molecule has 0 spiro atoms. The van der Waals surface area contributed by atoms with Gasteiger partial charge in [0.2, 0.25) is 5.91 Å². The predicted octanol–water partition coefficient (Wildman–Crippen LogP) is 20.9. The number of likely N-dealkylation sites (N-methyl/N-ethyl adjacent to an activating group) is 1. The van der Waals surface area contributed by atoms with Gasteiger partial charge in [-0.3, -0.25) is 14.2 Å². The first-order valence-electron chi connectivity index (χ1n) is 34.2. The maximum atomic E-state index is 13.6. The van der Waals surface area contributed by atoms with Crippen LogP contribution < -0.4 is 10.2 Å². The zero-order valence-corrected chi connectivity index (χ0v) is 54.9. The molecule has 0 aliphatic heterocycles. The summed E-state index contributed by atoms with van der Waals surface area (Å²) in [6.45, 7) is 6.83. The van der Waals surface area contributed by atoms with Gasteiger partial charge >= 0.3 is 5.97 Å². The molecule has 0 heterocycles. The number of ether oxygens (including phenoxy) is 1. The number of unbranched alkanes of at least 4 members (excludes halogenated alkanes) is 36. The molecule has 3 atom stereocenters. The average Bonchev–Trinajstić information content (AvgIpc) is 3.44. The molecule has 0 aliphatic rings. The van der Waals surface area contributed by atoms with Crippen LogP contribution in [0.4, 0.5) is 0 Å². The van der Waals surface area contributed by atoms with Crippen molar-refractivity contribution >= 4 is 19.7 Å². The topological polar surface area (TPSA) is 114 Å². The highest BCUT2D eigenvalue weighted by Gasteiger charge is 2.27. The predicted molar refractivity (Wildman–Crippen MR) is 348 cm³/mol. The SMILES string of the molecule is CCCCC/C=C\C/C=C\C/C=C\C/C=C\CCCCCCCCCC(=O)NC(COP(=O)([O-])OCC[N+](C)(C)C)C(/C=C\CCCCCCCCCCCCC)OC(=O)CCCCCCCCCCC/C=C/CCCCCCCC. The van der Waals surface area contributed by atoms with Crippen LogP contribution in [-0.4, -0.2) is 69.4 Å². The molecule has 9 nitrogen and oxygen atoms in total. The summed E-state index contributed by atoms with van der Waals surface area (Å²) < 4.78 is 30.4. The molecule has 0 aliphatic carbocycles. The lowest BCUT2D eigenvalue weighted by atomic mass is 10.0. The molecular formula is C71H131N2O7P. The van der Waals surface area contributed by atoms with E-state index in [0.29, 0.717) is 17.4 Å². The Labute approximate surface area is 502 Å². The van der Waals surface area contributed by atoms with Gasteiger partial charge in [0.15, 0.2) is 0 Å². The number of allylic oxidation sites excluding steroid dienone is 11. The zero-order chi connectivity index (χ0) is 59.3.